The second-order valence-corrected chi connectivity index (χ2v) is 6.02. The molecular weight excluding hydrogens is 298 g/mol. The smallest absolute Gasteiger partial charge is 0.264 e. The Morgan fingerprint density at radius 2 is 2.14 bits per heavy atom. The van der Waals surface area contributed by atoms with Crippen molar-refractivity contribution in [3.05, 3.63) is 50.0 Å². The van der Waals surface area contributed by atoms with E-state index >= 15 is 0 Å². The predicted molar refractivity (Wildman–Crippen MR) is 89.0 cm³/mol. The van der Waals surface area contributed by atoms with Crippen LogP contribution in [-0.2, 0) is 0 Å². The third-order valence-electron chi connectivity index (χ3n) is 3.69. The summed E-state index contributed by atoms with van der Waals surface area (Å²) in [6.07, 6.45) is 3.51. The molecule has 6 heteroatoms. The van der Waals surface area contributed by atoms with Crippen LogP contribution in [-0.4, -0.2) is 26.9 Å². The van der Waals surface area contributed by atoms with Gasteiger partial charge in [0.15, 0.2) is 4.77 Å². The van der Waals surface area contributed by atoms with Gasteiger partial charge < -0.3 is 5.11 Å². The van der Waals surface area contributed by atoms with Gasteiger partial charge in [-0.15, -0.1) is 0 Å². The monoisotopic (exact) mass is 315 g/mol. The third kappa shape index (κ3) is 2.74. The highest BCUT2D eigenvalue weighted by atomic mass is 32.1. The van der Waals surface area contributed by atoms with E-state index in [2.05, 4.69) is 9.98 Å². The Bertz CT molecular complexity index is 876. The Balaban J connectivity index is 2.23. The average molecular weight is 315 g/mol. The number of aryl methyl sites for hydroxylation is 2. The first-order valence-electron chi connectivity index (χ1n) is 7.16. The second-order valence-electron chi connectivity index (χ2n) is 5.63. The van der Waals surface area contributed by atoms with E-state index in [0.717, 1.165) is 29.7 Å². The molecule has 1 aliphatic carbocycles. The van der Waals surface area contributed by atoms with Crippen molar-refractivity contribution >= 4 is 18.4 Å². The molecule has 0 spiro atoms. The van der Waals surface area contributed by atoms with Crippen molar-refractivity contribution < 1.29 is 5.11 Å². The fourth-order valence-electron chi connectivity index (χ4n) is 2.24. The van der Waals surface area contributed by atoms with Gasteiger partial charge in [-0.25, -0.2) is 0 Å². The SMILES string of the molecule is Cc1ccc(C)c(-n2c(O)c(C=NC3CC3)c(=O)[nH]c2=S)c1. The minimum absolute atomic E-state index is 0.140. The van der Waals surface area contributed by atoms with Crippen LogP contribution in [0.2, 0.25) is 0 Å². The van der Waals surface area contributed by atoms with Crippen molar-refractivity contribution in [1.82, 2.24) is 9.55 Å². The topological polar surface area (TPSA) is 70.4 Å². The maximum absolute atomic E-state index is 12.0. The molecule has 0 amide bonds. The Morgan fingerprint density at radius 3 is 2.82 bits per heavy atom. The van der Waals surface area contributed by atoms with Crippen LogP contribution in [0.3, 0.4) is 0 Å². The lowest BCUT2D eigenvalue weighted by Gasteiger charge is -2.14. The Hall–Kier alpha value is -2.21. The van der Waals surface area contributed by atoms with Gasteiger partial charge in [-0.2, -0.15) is 0 Å². The zero-order valence-electron chi connectivity index (χ0n) is 12.5. The van der Waals surface area contributed by atoms with Gasteiger partial charge in [0, 0.05) is 6.21 Å². The number of benzene rings is 1. The molecular formula is C16H17N3O2S. The Kier molecular flexibility index (Phi) is 3.70. The summed E-state index contributed by atoms with van der Waals surface area (Å²) in [6.45, 7) is 3.89. The highest BCUT2D eigenvalue weighted by Gasteiger charge is 2.20. The zero-order chi connectivity index (χ0) is 15.9. The molecule has 1 saturated carbocycles. The van der Waals surface area contributed by atoms with Crippen molar-refractivity contribution in [1.29, 1.82) is 0 Å². The molecule has 2 aromatic rings. The van der Waals surface area contributed by atoms with Crippen LogP contribution in [0.25, 0.3) is 5.69 Å². The van der Waals surface area contributed by atoms with Gasteiger partial charge >= 0.3 is 0 Å². The van der Waals surface area contributed by atoms with Gasteiger partial charge in [-0.05, 0) is 56.1 Å². The standard InChI is InChI=1S/C16H17N3O2S/c1-9-3-4-10(2)13(7-9)19-15(21)12(8-17-11-5-6-11)14(20)18-16(19)22/h3-4,7-8,11,21H,5-6H2,1-2H3,(H,18,20,22). The lowest BCUT2D eigenvalue weighted by atomic mass is 10.1. The average Bonchev–Trinajstić information content (AvgIpc) is 3.26. The molecule has 0 unspecified atom stereocenters. The number of aromatic hydroxyl groups is 1. The number of hydrogen-bond acceptors (Lipinski definition) is 4. The molecule has 0 aliphatic heterocycles. The molecule has 3 rings (SSSR count). The molecule has 0 radical (unpaired) electrons. The van der Waals surface area contributed by atoms with Crippen molar-refractivity contribution in [3.63, 3.8) is 0 Å². The largest absolute Gasteiger partial charge is 0.494 e. The molecule has 5 nitrogen and oxygen atoms in total. The highest BCUT2D eigenvalue weighted by Crippen LogP contribution is 2.25. The number of aliphatic imine (C=N–C) groups is 1. The van der Waals surface area contributed by atoms with Gasteiger partial charge in [0.05, 0.1) is 11.7 Å². The molecule has 2 N–H and O–H groups in total. The number of hydrogen-bond donors (Lipinski definition) is 2. The van der Waals surface area contributed by atoms with Gasteiger partial charge in [-0.3, -0.25) is 19.3 Å². The van der Waals surface area contributed by atoms with Gasteiger partial charge in [-0.1, -0.05) is 12.1 Å². The molecule has 1 aromatic heterocycles. The number of aromatic amines is 1. The summed E-state index contributed by atoms with van der Waals surface area (Å²) in [6, 6.07) is 6.14. The van der Waals surface area contributed by atoms with Crippen molar-refractivity contribution in [2.45, 2.75) is 32.7 Å². The second kappa shape index (κ2) is 5.53. The minimum Gasteiger partial charge on any atom is -0.494 e. The summed E-state index contributed by atoms with van der Waals surface area (Å²) < 4.78 is 1.65. The predicted octanol–water partition coefficient (Wildman–Crippen LogP) is 2.80. The van der Waals surface area contributed by atoms with Crippen molar-refractivity contribution in [3.8, 4) is 11.6 Å². The van der Waals surface area contributed by atoms with Gasteiger partial charge in [0.25, 0.3) is 5.56 Å². The summed E-state index contributed by atoms with van der Waals surface area (Å²) in [7, 11) is 0. The molecule has 22 heavy (non-hydrogen) atoms. The van der Waals surface area contributed by atoms with Crippen LogP contribution < -0.4 is 5.56 Å². The first kappa shape index (κ1) is 14.7. The summed E-state index contributed by atoms with van der Waals surface area (Å²) >= 11 is 5.22. The van der Waals surface area contributed by atoms with Crippen LogP contribution >= 0.6 is 12.2 Å². The zero-order valence-corrected chi connectivity index (χ0v) is 13.3. The third-order valence-corrected chi connectivity index (χ3v) is 3.97. The van der Waals surface area contributed by atoms with E-state index in [1.807, 2.05) is 32.0 Å². The van der Waals surface area contributed by atoms with Crippen LogP contribution in [0.4, 0.5) is 0 Å². The van der Waals surface area contributed by atoms with Crippen molar-refractivity contribution in [2.24, 2.45) is 4.99 Å². The lowest BCUT2D eigenvalue weighted by Crippen LogP contribution is -2.18. The Morgan fingerprint density at radius 1 is 1.41 bits per heavy atom. The van der Waals surface area contributed by atoms with E-state index < -0.39 is 5.56 Å². The minimum atomic E-state index is -0.423. The van der Waals surface area contributed by atoms with E-state index in [0.29, 0.717) is 0 Å². The summed E-state index contributed by atoms with van der Waals surface area (Å²) in [5.74, 6) is -0.174. The van der Waals surface area contributed by atoms with Gasteiger partial charge in [0.1, 0.15) is 5.56 Å². The molecule has 0 saturated heterocycles. The molecule has 1 aromatic carbocycles. The number of rotatable bonds is 3. The number of aromatic nitrogens is 2. The molecule has 1 heterocycles. The fraction of sp³-hybridized carbons (Fsp3) is 0.312. The number of nitrogens with one attached hydrogen (secondary N) is 1. The summed E-state index contributed by atoms with van der Waals surface area (Å²) in [4.78, 5) is 18.9. The van der Waals surface area contributed by atoms with E-state index in [1.54, 1.807) is 0 Å². The quantitative estimate of drug-likeness (QED) is 0.676. The molecule has 0 atom stereocenters. The number of H-pyrrole nitrogens is 1. The van der Waals surface area contributed by atoms with E-state index in [1.165, 1.54) is 10.8 Å². The van der Waals surface area contributed by atoms with Crippen LogP contribution in [0.5, 0.6) is 5.88 Å². The summed E-state index contributed by atoms with van der Waals surface area (Å²) in [5, 5.41) is 10.5. The van der Waals surface area contributed by atoms with E-state index in [-0.39, 0.29) is 22.3 Å². The van der Waals surface area contributed by atoms with Gasteiger partial charge in [0.2, 0.25) is 5.88 Å². The van der Waals surface area contributed by atoms with Crippen molar-refractivity contribution in [2.75, 3.05) is 0 Å². The normalized spacial score (nSPS) is 14.6. The number of nitrogens with zero attached hydrogens (tertiary/aromatic N) is 2. The van der Waals surface area contributed by atoms with E-state index in [4.69, 9.17) is 12.2 Å². The van der Waals surface area contributed by atoms with Crippen LogP contribution in [0, 0.1) is 18.6 Å². The molecule has 1 aliphatic rings. The molecule has 1 fully saturated rings. The fourth-order valence-corrected chi connectivity index (χ4v) is 2.52. The van der Waals surface area contributed by atoms with Crippen LogP contribution in [0.1, 0.15) is 29.5 Å². The summed E-state index contributed by atoms with van der Waals surface area (Å²) in [5.41, 5.74) is 2.46. The first-order valence-corrected chi connectivity index (χ1v) is 7.57. The maximum atomic E-state index is 12.0. The Labute approximate surface area is 133 Å². The molecule has 0 bridgehead atoms. The lowest BCUT2D eigenvalue weighted by molar-refractivity contribution is 0.432. The van der Waals surface area contributed by atoms with E-state index in [9.17, 15) is 9.90 Å². The molecule has 114 valence electrons. The highest BCUT2D eigenvalue weighted by molar-refractivity contribution is 7.71. The van der Waals surface area contributed by atoms with Crippen LogP contribution in [0.15, 0.2) is 28.0 Å². The maximum Gasteiger partial charge on any atom is 0.264 e. The first-order chi connectivity index (χ1) is 10.5.